The van der Waals surface area contributed by atoms with Crippen LogP contribution in [-0.2, 0) is 32.1 Å². The predicted molar refractivity (Wildman–Crippen MR) is 151 cm³/mol. The van der Waals surface area contributed by atoms with E-state index in [0.29, 0.717) is 23.4 Å². The highest BCUT2D eigenvalue weighted by atomic mass is 16.7. The third-order valence-corrected chi connectivity index (χ3v) is 6.53. The summed E-state index contributed by atoms with van der Waals surface area (Å²) in [5.74, 6) is -6.47. The minimum absolute atomic E-state index is 0.0228. The third kappa shape index (κ3) is 6.65. The average molecular weight is 574 g/mol. The van der Waals surface area contributed by atoms with Gasteiger partial charge in [0.1, 0.15) is 18.1 Å². The molecule has 1 heterocycles. The Hall–Kier alpha value is -4.99. The van der Waals surface area contributed by atoms with Gasteiger partial charge >= 0.3 is 11.9 Å². The molecular weight excluding hydrogens is 542 g/mol. The number of carbonyl (C=O) groups excluding carboxylic acids is 5. The first-order valence-corrected chi connectivity index (χ1v) is 13.4. The summed E-state index contributed by atoms with van der Waals surface area (Å²) < 4.78 is 16.0. The van der Waals surface area contributed by atoms with Crippen LogP contribution in [0.5, 0.6) is 11.5 Å². The molecule has 10 nitrogen and oxygen atoms in total. The lowest BCUT2D eigenvalue weighted by atomic mass is 9.95. The molecule has 1 amide bonds. The fraction of sp³-hybridized carbons (Fsp3) is 0.281. The van der Waals surface area contributed by atoms with E-state index in [9.17, 15) is 29.1 Å². The summed E-state index contributed by atoms with van der Waals surface area (Å²) in [6.45, 7) is 6.25. The molecule has 0 radical (unpaired) electrons. The quantitative estimate of drug-likeness (QED) is 0.194. The second kappa shape index (κ2) is 12.3. The molecule has 4 rings (SSSR count). The van der Waals surface area contributed by atoms with Crippen LogP contribution in [0.2, 0.25) is 0 Å². The number of phenols is 1. The largest absolute Gasteiger partial charge is 0.507 e. The number of hydrogen-bond donors (Lipinski definition) is 2. The van der Waals surface area contributed by atoms with E-state index in [4.69, 9.17) is 14.2 Å². The number of nitrogens with one attached hydrogen (secondary N) is 1. The Morgan fingerprint density at radius 2 is 1.62 bits per heavy atom. The van der Waals surface area contributed by atoms with E-state index in [1.54, 1.807) is 24.3 Å². The molecule has 0 unspecified atom stereocenters. The van der Waals surface area contributed by atoms with E-state index in [0.717, 1.165) is 12.0 Å². The Morgan fingerprint density at radius 3 is 2.29 bits per heavy atom. The zero-order valence-corrected chi connectivity index (χ0v) is 23.7. The molecule has 0 spiro atoms. The van der Waals surface area contributed by atoms with E-state index in [1.807, 2.05) is 13.0 Å². The number of ether oxygens (including phenoxy) is 3. The first kappa shape index (κ1) is 30.0. The van der Waals surface area contributed by atoms with Crippen LogP contribution >= 0.6 is 0 Å². The van der Waals surface area contributed by atoms with Crippen molar-refractivity contribution in [2.24, 2.45) is 5.92 Å². The first-order valence-electron chi connectivity index (χ1n) is 13.4. The van der Waals surface area contributed by atoms with Gasteiger partial charge < -0.3 is 24.6 Å². The zero-order valence-electron chi connectivity index (χ0n) is 23.7. The van der Waals surface area contributed by atoms with Crippen LogP contribution in [-0.4, -0.2) is 40.3 Å². The number of Topliss-reactive ketones (excluding diaryl/α,β-unsaturated/α-hetero) is 2. The van der Waals surface area contributed by atoms with Crippen LogP contribution < -0.4 is 10.1 Å². The smallest absolute Gasteiger partial charge is 0.331 e. The maximum absolute atomic E-state index is 13.0. The second-order valence-corrected chi connectivity index (χ2v) is 10.3. The molecule has 1 aliphatic heterocycles. The van der Waals surface area contributed by atoms with E-state index in [1.165, 1.54) is 51.1 Å². The minimum Gasteiger partial charge on any atom is -0.507 e. The number of ketones is 2. The maximum atomic E-state index is 13.0. The molecule has 0 aromatic heterocycles. The number of phenolic OH excluding ortho intramolecular Hbond substituents is 1. The highest BCUT2D eigenvalue weighted by molar-refractivity contribution is 6.22. The van der Waals surface area contributed by atoms with Crippen molar-refractivity contribution in [3.8, 4) is 11.5 Å². The van der Waals surface area contributed by atoms with Gasteiger partial charge in [-0.15, -0.1) is 0 Å². The van der Waals surface area contributed by atoms with Gasteiger partial charge in [0, 0.05) is 36.2 Å². The Morgan fingerprint density at radius 1 is 0.952 bits per heavy atom. The summed E-state index contributed by atoms with van der Waals surface area (Å²) >= 11 is 0. The molecule has 1 fully saturated rings. The van der Waals surface area contributed by atoms with Gasteiger partial charge in [0.05, 0.1) is 5.56 Å². The Bertz CT molecular complexity index is 1550. The number of carbonyl (C=O) groups is 5. The molecule has 1 aliphatic rings. The summed E-state index contributed by atoms with van der Waals surface area (Å²) in [6.07, 6.45) is 1.27. The molecule has 0 atom stereocenters. The molecule has 0 saturated carbocycles. The molecule has 0 bridgehead atoms. The van der Waals surface area contributed by atoms with Crippen LogP contribution in [0.1, 0.15) is 76.3 Å². The highest BCUT2D eigenvalue weighted by Gasteiger charge is 2.47. The Kier molecular flexibility index (Phi) is 8.75. The highest BCUT2D eigenvalue weighted by Crippen LogP contribution is 2.33. The standard InChI is InChI=1S/C32H31NO9/c1-5-8-24-25(14-13-23(18(2)34)28(24)36)40-17-19-9-6-12-22(15-19)33-29(37)21-11-7-10-20(16-21)27(35)26-30(38)41-32(3,4)42-31(26)39/h6-7,9-16,26,36H,5,8,17H2,1-4H3,(H,33,37). The van der Waals surface area contributed by atoms with Gasteiger partial charge in [-0.1, -0.05) is 37.6 Å². The lowest BCUT2D eigenvalue weighted by Crippen LogP contribution is -2.49. The molecule has 42 heavy (non-hydrogen) atoms. The monoisotopic (exact) mass is 573 g/mol. The normalized spacial score (nSPS) is 14.5. The van der Waals surface area contributed by atoms with E-state index < -0.39 is 35.3 Å². The first-order chi connectivity index (χ1) is 19.9. The lowest BCUT2D eigenvalue weighted by molar-refractivity contribution is -0.236. The van der Waals surface area contributed by atoms with Crippen LogP contribution in [0.15, 0.2) is 60.7 Å². The van der Waals surface area contributed by atoms with Gasteiger partial charge in [0.2, 0.25) is 5.92 Å². The maximum Gasteiger partial charge on any atom is 0.331 e. The minimum atomic E-state index is -1.77. The summed E-state index contributed by atoms with van der Waals surface area (Å²) in [6, 6.07) is 15.8. The van der Waals surface area contributed by atoms with Crippen molar-refractivity contribution < 1.29 is 43.3 Å². The molecule has 218 valence electrons. The molecule has 3 aromatic carbocycles. The molecular formula is C32H31NO9. The van der Waals surface area contributed by atoms with Crippen molar-refractivity contribution in [2.45, 2.75) is 52.9 Å². The van der Waals surface area contributed by atoms with Crippen LogP contribution in [0.3, 0.4) is 0 Å². The fourth-order valence-corrected chi connectivity index (χ4v) is 4.55. The van der Waals surface area contributed by atoms with Crippen molar-refractivity contribution in [3.63, 3.8) is 0 Å². The van der Waals surface area contributed by atoms with Gasteiger partial charge in [-0.2, -0.15) is 0 Å². The number of esters is 2. The zero-order chi connectivity index (χ0) is 30.6. The number of amides is 1. The van der Waals surface area contributed by atoms with E-state index in [-0.39, 0.29) is 34.8 Å². The van der Waals surface area contributed by atoms with Crippen molar-refractivity contribution in [1.29, 1.82) is 0 Å². The number of cyclic esters (lactones) is 2. The summed E-state index contributed by atoms with van der Waals surface area (Å²) in [7, 11) is 0. The second-order valence-electron chi connectivity index (χ2n) is 10.3. The van der Waals surface area contributed by atoms with Gasteiger partial charge in [-0.05, 0) is 55.3 Å². The molecule has 0 aliphatic carbocycles. The van der Waals surface area contributed by atoms with Crippen molar-refractivity contribution >= 4 is 35.1 Å². The van der Waals surface area contributed by atoms with Crippen LogP contribution in [0.25, 0.3) is 0 Å². The van der Waals surface area contributed by atoms with Crippen molar-refractivity contribution in [1.82, 2.24) is 0 Å². The third-order valence-electron chi connectivity index (χ3n) is 6.53. The van der Waals surface area contributed by atoms with Crippen molar-refractivity contribution in [3.05, 3.63) is 88.5 Å². The average Bonchev–Trinajstić information content (AvgIpc) is 2.92. The van der Waals surface area contributed by atoms with Gasteiger partial charge in [-0.3, -0.25) is 24.0 Å². The van der Waals surface area contributed by atoms with Gasteiger partial charge in [-0.25, -0.2) is 0 Å². The number of benzene rings is 3. The van der Waals surface area contributed by atoms with Crippen molar-refractivity contribution in [2.75, 3.05) is 5.32 Å². The molecule has 1 saturated heterocycles. The van der Waals surface area contributed by atoms with E-state index >= 15 is 0 Å². The van der Waals surface area contributed by atoms with Crippen LogP contribution in [0, 0.1) is 5.92 Å². The number of anilines is 1. The Balaban J connectivity index is 1.46. The van der Waals surface area contributed by atoms with Gasteiger partial charge in [0.15, 0.2) is 11.6 Å². The summed E-state index contributed by atoms with van der Waals surface area (Å²) in [5.41, 5.74) is 2.09. The number of aromatic hydroxyl groups is 1. The molecule has 2 N–H and O–H groups in total. The molecule has 3 aromatic rings. The van der Waals surface area contributed by atoms with Gasteiger partial charge in [0.25, 0.3) is 11.7 Å². The Labute approximate surface area is 242 Å². The SMILES string of the molecule is CCCc1c(OCc2cccc(NC(=O)c3cccc(C(=O)C4C(=O)OC(C)(C)OC4=O)c3)c2)ccc(C(C)=O)c1O. The van der Waals surface area contributed by atoms with E-state index in [2.05, 4.69) is 5.32 Å². The summed E-state index contributed by atoms with van der Waals surface area (Å²) in [5, 5.41) is 13.3. The predicted octanol–water partition coefficient (Wildman–Crippen LogP) is 5.01. The number of hydrogen-bond acceptors (Lipinski definition) is 9. The topological polar surface area (TPSA) is 145 Å². The summed E-state index contributed by atoms with van der Waals surface area (Å²) in [4.78, 5) is 62.4. The van der Waals surface area contributed by atoms with Crippen LogP contribution in [0.4, 0.5) is 5.69 Å². The lowest BCUT2D eigenvalue weighted by Gasteiger charge is -2.32. The molecule has 10 heteroatoms. The number of rotatable bonds is 10. The fourth-order valence-electron chi connectivity index (χ4n) is 4.55.